The molecule has 0 aliphatic carbocycles. The maximum atomic E-state index is 12.7. The van der Waals surface area contributed by atoms with Gasteiger partial charge in [-0.05, 0) is 55.5 Å². The van der Waals surface area contributed by atoms with Gasteiger partial charge in [-0.25, -0.2) is 0 Å². The monoisotopic (exact) mass is 525 g/mol. The van der Waals surface area contributed by atoms with Crippen molar-refractivity contribution in [3.63, 3.8) is 0 Å². The molecule has 2 amide bonds. The number of hydrogen-bond donors (Lipinski definition) is 1. The lowest BCUT2D eigenvalue weighted by Gasteiger charge is -2.13. The van der Waals surface area contributed by atoms with Crippen molar-refractivity contribution in [2.75, 3.05) is 19.0 Å². The molecule has 0 radical (unpaired) electrons. The smallest absolute Gasteiger partial charge is 0.284 e. The number of methoxy groups -OCH3 is 1. The molecule has 1 aliphatic rings. The van der Waals surface area contributed by atoms with Crippen LogP contribution in [0, 0.1) is 0 Å². The summed E-state index contributed by atoms with van der Waals surface area (Å²) in [7, 11) is -2.45. The number of carbonyl (C=O) groups excluding carboxylic acids is 2. The number of amides is 2. The van der Waals surface area contributed by atoms with Crippen LogP contribution in [-0.4, -0.2) is 49.2 Å². The largest absolute Gasteiger partial charge is 0.497 e. The molecular weight excluding hydrogens is 506 g/mol. The molecule has 8 nitrogen and oxygen atoms in total. The van der Waals surface area contributed by atoms with Gasteiger partial charge >= 0.3 is 0 Å². The second-order valence-electron chi connectivity index (χ2n) is 6.47. The molecule has 1 heterocycles. The van der Waals surface area contributed by atoms with Crippen LogP contribution in [0.3, 0.4) is 0 Å². The quantitative estimate of drug-likeness (QED) is 0.592. The minimum atomic E-state index is -3.99. The van der Waals surface area contributed by atoms with Gasteiger partial charge in [-0.15, -0.1) is 4.40 Å². The molecule has 1 N–H and O–H groups in total. The topological polar surface area (TPSA) is 105 Å². The number of carbonyl (C=O) groups is 2. The molecule has 0 spiro atoms. The van der Waals surface area contributed by atoms with E-state index in [-0.39, 0.29) is 34.8 Å². The maximum Gasteiger partial charge on any atom is 0.284 e. The van der Waals surface area contributed by atoms with Crippen LogP contribution in [0.4, 0.5) is 5.69 Å². The van der Waals surface area contributed by atoms with Crippen LogP contribution >= 0.6 is 27.7 Å². The number of nitrogens with zero attached hydrogens (tertiary/aromatic N) is 2. The molecule has 0 aromatic heterocycles. The lowest BCUT2D eigenvalue weighted by atomic mass is 10.2. The molecule has 2 aromatic rings. The minimum Gasteiger partial charge on any atom is -0.497 e. The maximum absolute atomic E-state index is 12.7. The molecule has 1 fully saturated rings. The predicted octanol–water partition coefficient (Wildman–Crippen LogP) is 3.50. The number of halogens is 1. The number of hydrogen-bond acceptors (Lipinski definition) is 6. The van der Waals surface area contributed by atoms with Crippen LogP contribution in [0.2, 0.25) is 0 Å². The first-order chi connectivity index (χ1) is 14.7. The van der Waals surface area contributed by atoms with Gasteiger partial charge in [0.2, 0.25) is 11.8 Å². The third-order valence-electron chi connectivity index (χ3n) is 4.39. The Bertz CT molecular complexity index is 1100. The summed E-state index contributed by atoms with van der Waals surface area (Å²) in [5.74, 6) is -0.0443. The van der Waals surface area contributed by atoms with E-state index in [2.05, 4.69) is 25.6 Å². The third kappa shape index (κ3) is 5.66. The summed E-state index contributed by atoms with van der Waals surface area (Å²) < 4.78 is 35.0. The van der Waals surface area contributed by atoms with Gasteiger partial charge in [0.15, 0.2) is 5.17 Å². The van der Waals surface area contributed by atoms with E-state index in [0.29, 0.717) is 11.4 Å². The number of thioether (sulfide) groups is 1. The summed E-state index contributed by atoms with van der Waals surface area (Å²) >= 11 is 4.24. The van der Waals surface area contributed by atoms with Crippen LogP contribution in [0.15, 0.2) is 62.3 Å². The van der Waals surface area contributed by atoms with E-state index < -0.39 is 15.3 Å². The minimum absolute atomic E-state index is 0.0213. The number of anilines is 1. The molecule has 0 bridgehead atoms. The van der Waals surface area contributed by atoms with Crippen molar-refractivity contribution in [2.45, 2.75) is 23.5 Å². The van der Waals surface area contributed by atoms with E-state index in [1.54, 1.807) is 50.4 Å². The van der Waals surface area contributed by atoms with Crippen LogP contribution in [0.25, 0.3) is 0 Å². The Morgan fingerprint density at radius 1 is 1.19 bits per heavy atom. The van der Waals surface area contributed by atoms with E-state index in [9.17, 15) is 18.0 Å². The molecule has 0 saturated carbocycles. The summed E-state index contributed by atoms with van der Waals surface area (Å²) in [6.45, 7) is 1.97. The average Bonchev–Trinajstić information content (AvgIpc) is 3.02. The SMILES string of the molecule is CCN1C(=O)[C@H](CC(=O)Nc2ccc(OC)cc2)SC1=NS(=O)(=O)c1ccc(Br)cc1. The van der Waals surface area contributed by atoms with Gasteiger partial charge in [-0.1, -0.05) is 27.7 Å². The van der Waals surface area contributed by atoms with E-state index in [1.807, 2.05) is 0 Å². The van der Waals surface area contributed by atoms with Gasteiger partial charge in [0, 0.05) is 23.1 Å². The highest BCUT2D eigenvalue weighted by Gasteiger charge is 2.39. The third-order valence-corrected chi connectivity index (χ3v) is 7.49. The first-order valence-corrected chi connectivity index (χ1v) is 12.4. The van der Waals surface area contributed by atoms with E-state index in [4.69, 9.17) is 4.74 Å². The summed E-state index contributed by atoms with van der Waals surface area (Å²) in [6, 6.07) is 12.9. The fourth-order valence-electron chi connectivity index (χ4n) is 2.82. The van der Waals surface area contributed by atoms with E-state index >= 15 is 0 Å². The average molecular weight is 526 g/mol. The molecule has 1 atom stereocenters. The van der Waals surface area contributed by atoms with Crippen molar-refractivity contribution >= 4 is 60.4 Å². The summed E-state index contributed by atoms with van der Waals surface area (Å²) in [6.07, 6.45) is -0.108. The Morgan fingerprint density at radius 2 is 1.84 bits per heavy atom. The summed E-state index contributed by atoms with van der Waals surface area (Å²) in [5, 5.41) is 2.04. The number of rotatable bonds is 7. The molecular formula is C20H20BrN3O5S2. The normalized spacial score (nSPS) is 17.8. The second kappa shape index (κ2) is 9.84. The lowest BCUT2D eigenvalue weighted by molar-refractivity contribution is -0.128. The lowest BCUT2D eigenvalue weighted by Crippen LogP contribution is -2.33. The van der Waals surface area contributed by atoms with E-state index in [0.717, 1.165) is 16.2 Å². The molecule has 1 saturated heterocycles. The van der Waals surface area contributed by atoms with Crippen molar-refractivity contribution in [3.8, 4) is 5.75 Å². The Balaban J connectivity index is 1.73. The van der Waals surface area contributed by atoms with Gasteiger partial charge in [-0.3, -0.25) is 14.5 Å². The number of benzene rings is 2. The predicted molar refractivity (Wildman–Crippen MR) is 124 cm³/mol. The number of sulfonamides is 1. The first kappa shape index (κ1) is 23.3. The molecule has 1 aliphatic heterocycles. The molecule has 3 rings (SSSR count). The highest BCUT2D eigenvalue weighted by Crippen LogP contribution is 2.31. The highest BCUT2D eigenvalue weighted by atomic mass is 79.9. The molecule has 164 valence electrons. The van der Waals surface area contributed by atoms with Crippen LogP contribution < -0.4 is 10.1 Å². The zero-order chi connectivity index (χ0) is 22.6. The van der Waals surface area contributed by atoms with Gasteiger partial charge in [0.1, 0.15) is 11.0 Å². The van der Waals surface area contributed by atoms with Crippen molar-refractivity contribution in [1.82, 2.24) is 4.90 Å². The second-order valence-corrected chi connectivity index (χ2v) is 10.2. The van der Waals surface area contributed by atoms with Crippen molar-refractivity contribution in [2.24, 2.45) is 4.40 Å². The molecule has 0 unspecified atom stereocenters. The van der Waals surface area contributed by atoms with Gasteiger partial charge in [-0.2, -0.15) is 8.42 Å². The Hall–Kier alpha value is -2.37. The van der Waals surface area contributed by atoms with Crippen LogP contribution in [-0.2, 0) is 19.6 Å². The van der Waals surface area contributed by atoms with Gasteiger partial charge in [0.05, 0.1) is 12.0 Å². The highest BCUT2D eigenvalue weighted by molar-refractivity contribution is 9.10. The first-order valence-electron chi connectivity index (χ1n) is 9.26. The van der Waals surface area contributed by atoms with Gasteiger partial charge < -0.3 is 10.1 Å². The Labute approximate surface area is 193 Å². The Morgan fingerprint density at radius 3 is 2.42 bits per heavy atom. The molecule has 11 heteroatoms. The standard InChI is InChI=1S/C20H20BrN3O5S2/c1-3-24-19(26)17(12-18(25)22-14-6-8-15(29-2)9-7-14)30-20(24)23-31(27,28)16-10-4-13(21)5-11-16/h4-11,17H,3,12H2,1-2H3,(H,22,25)/t17-/m0/s1. The number of ether oxygens (including phenoxy) is 1. The fraction of sp³-hybridized carbons (Fsp3) is 0.250. The number of amidine groups is 1. The van der Waals surface area contributed by atoms with Crippen LogP contribution in [0.5, 0.6) is 5.75 Å². The zero-order valence-corrected chi connectivity index (χ0v) is 20.0. The number of nitrogens with one attached hydrogen (secondary N) is 1. The van der Waals surface area contributed by atoms with Gasteiger partial charge in [0.25, 0.3) is 10.0 Å². The fourth-order valence-corrected chi connectivity index (χ4v) is 5.50. The van der Waals surface area contributed by atoms with Crippen molar-refractivity contribution < 1.29 is 22.7 Å². The van der Waals surface area contributed by atoms with E-state index in [1.165, 1.54) is 17.0 Å². The Kier molecular flexibility index (Phi) is 7.39. The van der Waals surface area contributed by atoms with Crippen molar-refractivity contribution in [1.29, 1.82) is 0 Å². The van der Waals surface area contributed by atoms with Crippen molar-refractivity contribution in [3.05, 3.63) is 53.0 Å². The molecule has 2 aromatic carbocycles. The van der Waals surface area contributed by atoms with Crippen LogP contribution in [0.1, 0.15) is 13.3 Å². The molecule has 31 heavy (non-hydrogen) atoms. The summed E-state index contributed by atoms with van der Waals surface area (Å²) in [4.78, 5) is 26.4. The zero-order valence-electron chi connectivity index (χ0n) is 16.7. The summed E-state index contributed by atoms with van der Waals surface area (Å²) in [5.41, 5.74) is 0.570.